The molecule has 2 aromatic rings. The van der Waals surface area contributed by atoms with Crippen LogP contribution in [0.15, 0.2) is 44.2 Å². The van der Waals surface area contributed by atoms with Crippen LogP contribution in [0, 0.1) is 20.8 Å². The highest BCUT2D eigenvalue weighted by molar-refractivity contribution is 9.11. The second kappa shape index (κ2) is 6.10. The number of aryl methyl sites for hydroxylation is 3. The highest BCUT2D eigenvalue weighted by Gasteiger charge is 2.20. The van der Waals surface area contributed by atoms with Crippen LogP contribution in [0.4, 0.5) is 5.69 Å². The van der Waals surface area contributed by atoms with E-state index in [1.807, 2.05) is 32.9 Å². The second-order valence-electron chi connectivity index (χ2n) is 4.96. The van der Waals surface area contributed by atoms with E-state index in [1.165, 1.54) is 0 Å². The number of halogens is 2. The molecule has 0 atom stereocenters. The Hall–Kier alpha value is -0.850. The maximum absolute atomic E-state index is 12.6. The lowest BCUT2D eigenvalue weighted by molar-refractivity contribution is 0.600. The Morgan fingerprint density at radius 1 is 0.905 bits per heavy atom. The van der Waals surface area contributed by atoms with E-state index in [1.54, 1.807) is 18.2 Å². The minimum absolute atomic E-state index is 0.208. The molecule has 6 heteroatoms. The number of nitrogens with one attached hydrogen (secondary N) is 1. The fourth-order valence-electron chi connectivity index (χ4n) is 1.96. The molecule has 0 fully saturated rings. The first kappa shape index (κ1) is 16.5. The molecule has 1 N–H and O–H groups in total. The summed E-state index contributed by atoms with van der Waals surface area (Å²) >= 11 is 6.69. The summed E-state index contributed by atoms with van der Waals surface area (Å²) < 4.78 is 29.1. The summed E-state index contributed by atoms with van der Waals surface area (Å²) in [5, 5.41) is 0. The summed E-state index contributed by atoms with van der Waals surface area (Å²) in [6.45, 7) is 5.76. The molecule has 0 aliphatic carbocycles. The van der Waals surface area contributed by atoms with Crippen molar-refractivity contribution in [1.29, 1.82) is 0 Å². The molecule has 21 heavy (non-hydrogen) atoms. The van der Waals surface area contributed by atoms with Gasteiger partial charge in [0, 0.05) is 8.95 Å². The van der Waals surface area contributed by atoms with E-state index in [2.05, 4.69) is 36.6 Å². The van der Waals surface area contributed by atoms with Crippen molar-refractivity contribution in [3.8, 4) is 0 Å². The normalized spacial score (nSPS) is 11.5. The van der Waals surface area contributed by atoms with Crippen molar-refractivity contribution in [1.82, 2.24) is 0 Å². The van der Waals surface area contributed by atoms with Crippen molar-refractivity contribution in [2.75, 3.05) is 4.72 Å². The van der Waals surface area contributed by atoms with E-state index in [-0.39, 0.29) is 4.90 Å². The quantitative estimate of drug-likeness (QED) is 0.746. The fraction of sp³-hybridized carbons (Fsp3) is 0.200. The minimum atomic E-state index is -3.65. The summed E-state index contributed by atoms with van der Waals surface area (Å²) in [6, 6.07) is 8.98. The van der Waals surface area contributed by atoms with Crippen molar-refractivity contribution in [3.63, 3.8) is 0 Å². The molecule has 2 aromatic carbocycles. The van der Waals surface area contributed by atoms with Crippen LogP contribution in [0.5, 0.6) is 0 Å². The molecule has 0 aromatic heterocycles. The Bertz CT molecular complexity index is 802. The predicted octanol–water partition coefficient (Wildman–Crippen LogP) is 4.94. The van der Waals surface area contributed by atoms with Crippen molar-refractivity contribution < 1.29 is 8.42 Å². The molecule has 0 saturated heterocycles. The molecule has 0 aliphatic rings. The molecule has 112 valence electrons. The summed E-state index contributed by atoms with van der Waals surface area (Å²) in [7, 11) is -3.65. The first-order valence-electron chi connectivity index (χ1n) is 6.26. The van der Waals surface area contributed by atoms with Gasteiger partial charge in [-0.15, -0.1) is 0 Å². The fourth-order valence-corrected chi connectivity index (χ4v) is 4.77. The summed E-state index contributed by atoms with van der Waals surface area (Å²) in [5.41, 5.74) is 3.53. The van der Waals surface area contributed by atoms with Crippen molar-refractivity contribution in [2.24, 2.45) is 0 Å². The van der Waals surface area contributed by atoms with Gasteiger partial charge in [-0.25, -0.2) is 8.42 Å². The lowest BCUT2D eigenvalue weighted by atomic mass is 10.1. The smallest absolute Gasteiger partial charge is 0.263 e. The Morgan fingerprint density at radius 2 is 1.57 bits per heavy atom. The van der Waals surface area contributed by atoms with Gasteiger partial charge in [0.25, 0.3) is 10.0 Å². The second-order valence-corrected chi connectivity index (χ2v) is 8.32. The third kappa shape index (κ3) is 3.67. The number of hydrogen-bond acceptors (Lipinski definition) is 2. The molecule has 0 unspecified atom stereocenters. The Labute approximate surface area is 142 Å². The van der Waals surface area contributed by atoms with Crippen LogP contribution in [0.2, 0.25) is 0 Å². The van der Waals surface area contributed by atoms with Gasteiger partial charge in [0.15, 0.2) is 0 Å². The molecule has 0 radical (unpaired) electrons. The maximum atomic E-state index is 12.6. The third-order valence-electron chi connectivity index (χ3n) is 3.13. The van der Waals surface area contributed by atoms with Crippen LogP contribution < -0.4 is 4.72 Å². The Morgan fingerprint density at radius 3 is 2.19 bits per heavy atom. The zero-order chi connectivity index (χ0) is 15.8. The summed E-state index contributed by atoms with van der Waals surface area (Å²) in [5.74, 6) is 0. The van der Waals surface area contributed by atoms with Gasteiger partial charge in [-0.3, -0.25) is 4.72 Å². The Kier molecular flexibility index (Phi) is 4.80. The molecule has 0 amide bonds. The van der Waals surface area contributed by atoms with Crippen LogP contribution in [0.3, 0.4) is 0 Å². The molecule has 0 heterocycles. The maximum Gasteiger partial charge on any atom is 0.263 e. The lowest BCUT2D eigenvalue weighted by Crippen LogP contribution is -2.14. The SMILES string of the molecule is Cc1ccc(NS(=O)(=O)c2cc(Br)c(C)cc2Br)c(C)c1. The van der Waals surface area contributed by atoms with E-state index in [9.17, 15) is 8.42 Å². The molecular weight excluding hydrogens is 418 g/mol. The number of sulfonamides is 1. The molecule has 0 aliphatic heterocycles. The van der Waals surface area contributed by atoms with Crippen molar-refractivity contribution in [3.05, 3.63) is 56.0 Å². The van der Waals surface area contributed by atoms with Gasteiger partial charge in [-0.1, -0.05) is 33.6 Å². The molecular formula is C15H15Br2NO2S. The standard InChI is InChI=1S/C15H15Br2NO2S/c1-9-4-5-14(11(3)6-9)18-21(19,20)15-8-12(16)10(2)7-13(15)17/h4-8,18H,1-3H3. The van der Waals surface area contributed by atoms with Crippen LogP contribution in [-0.2, 0) is 10.0 Å². The van der Waals surface area contributed by atoms with E-state index in [4.69, 9.17) is 0 Å². The molecule has 2 rings (SSSR count). The van der Waals surface area contributed by atoms with Gasteiger partial charge in [0.1, 0.15) is 4.90 Å². The number of benzene rings is 2. The van der Waals surface area contributed by atoms with Gasteiger partial charge >= 0.3 is 0 Å². The van der Waals surface area contributed by atoms with E-state index < -0.39 is 10.0 Å². The van der Waals surface area contributed by atoms with Crippen molar-refractivity contribution in [2.45, 2.75) is 25.7 Å². The van der Waals surface area contributed by atoms with Crippen LogP contribution in [0.1, 0.15) is 16.7 Å². The highest BCUT2D eigenvalue weighted by Crippen LogP contribution is 2.30. The van der Waals surface area contributed by atoms with E-state index >= 15 is 0 Å². The first-order valence-corrected chi connectivity index (χ1v) is 9.33. The minimum Gasteiger partial charge on any atom is -0.279 e. The highest BCUT2D eigenvalue weighted by atomic mass is 79.9. The summed E-state index contributed by atoms with van der Waals surface area (Å²) in [6.07, 6.45) is 0. The monoisotopic (exact) mass is 431 g/mol. The zero-order valence-corrected chi connectivity index (χ0v) is 15.9. The number of rotatable bonds is 3. The number of anilines is 1. The van der Waals surface area contributed by atoms with Crippen LogP contribution >= 0.6 is 31.9 Å². The molecule has 0 spiro atoms. The average molecular weight is 433 g/mol. The third-order valence-corrected chi connectivity index (χ3v) is 6.31. The Balaban J connectivity index is 2.46. The van der Waals surface area contributed by atoms with Gasteiger partial charge in [0.05, 0.1) is 5.69 Å². The van der Waals surface area contributed by atoms with Crippen molar-refractivity contribution >= 4 is 47.6 Å². The van der Waals surface area contributed by atoms with Gasteiger partial charge in [0.2, 0.25) is 0 Å². The van der Waals surface area contributed by atoms with Crippen LogP contribution in [-0.4, -0.2) is 8.42 Å². The molecule has 0 saturated carbocycles. The largest absolute Gasteiger partial charge is 0.279 e. The topological polar surface area (TPSA) is 46.2 Å². The lowest BCUT2D eigenvalue weighted by Gasteiger charge is -2.13. The van der Waals surface area contributed by atoms with E-state index in [0.717, 1.165) is 21.2 Å². The molecule has 0 bridgehead atoms. The molecule has 3 nitrogen and oxygen atoms in total. The predicted molar refractivity (Wildman–Crippen MR) is 93.3 cm³/mol. The van der Waals surface area contributed by atoms with Gasteiger partial charge in [-0.05, 0) is 66.0 Å². The average Bonchev–Trinajstić information content (AvgIpc) is 2.37. The first-order chi connectivity index (χ1) is 9.70. The number of hydrogen-bond donors (Lipinski definition) is 1. The zero-order valence-electron chi connectivity index (χ0n) is 11.9. The van der Waals surface area contributed by atoms with Gasteiger partial charge < -0.3 is 0 Å². The van der Waals surface area contributed by atoms with E-state index in [0.29, 0.717) is 10.2 Å². The van der Waals surface area contributed by atoms with Gasteiger partial charge in [-0.2, -0.15) is 0 Å². The van der Waals surface area contributed by atoms with Crippen LogP contribution in [0.25, 0.3) is 0 Å². The summed E-state index contributed by atoms with van der Waals surface area (Å²) in [4.78, 5) is 0.208.